The molecule has 0 aliphatic heterocycles. The van der Waals surface area contributed by atoms with Crippen LogP contribution in [0.4, 0.5) is 0 Å². The number of benzene rings is 4. The number of hydrogen-bond acceptors (Lipinski definition) is 3. The maximum Gasteiger partial charge on any atom is 0.126 e. The summed E-state index contributed by atoms with van der Waals surface area (Å²) in [7, 11) is 0. The molecule has 4 aromatic carbocycles. The average molecular weight is 450 g/mol. The molecule has 2 aromatic heterocycles. The highest BCUT2D eigenvalue weighted by atomic mass is 14.9. The zero-order valence-corrected chi connectivity index (χ0v) is 19.4. The van der Waals surface area contributed by atoms with Gasteiger partial charge in [0.05, 0.1) is 17.1 Å². The highest BCUT2D eigenvalue weighted by Gasteiger charge is 2.09. The van der Waals surface area contributed by atoms with Crippen LogP contribution in [0.3, 0.4) is 0 Å². The second kappa shape index (κ2) is 8.96. The molecule has 2 heterocycles. The SMILES string of the molecule is Cc1nc(-c2ccc(-c3ccccn3)cc2)cc(-c2ccc(-c3cccc4ccccc34)cc2)n1. The summed E-state index contributed by atoms with van der Waals surface area (Å²) in [5.41, 5.74) is 8.46. The summed E-state index contributed by atoms with van der Waals surface area (Å²) in [5.74, 6) is 0.754. The van der Waals surface area contributed by atoms with Crippen molar-refractivity contribution in [3.05, 3.63) is 127 Å². The average Bonchev–Trinajstić information content (AvgIpc) is 2.93. The summed E-state index contributed by atoms with van der Waals surface area (Å²) in [6, 6.07) is 40.0. The Balaban J connectivity index is 1.33. The summed E-state index contributed by atoms with van der Waals surface area (Å²) < 4.78 is 0. The molecule has 0 aliphatic rings. The van der Waals surface area contributed by atoms with Crippen molar-refractivity contribution >= 4 is 10.8 Å². The third-order valence-corrected chi connectivity index (χ3v) is 6.26. The van der Waals surface area contributed by atoms with Crippen molar-refractivity contribution in [1.29, 1.82) is 0 Å². The van der Waals surface area contributed by atoms with Gasteiger partial charge in [0, 0.05) is 22.9 Å². The fourth-order valence-corrected chi connectivity index (χ4v) is 4.51. The summed E-state index contributed by atoms with van der Waals surface area (Å²) >= 11 is 0. The largest absolute Gasteiger partial charge is 0.256 e. The van der Waals surface area contributed by atoms with Crippen LogP contribution in [-0.4, -0.2) is 15.0 Å². The smallest absolute Gasteiger partial charge is 0.126 e. The molecule has 0 saturated heterocycles. The number of fused-ring (bicyclic) bond motifs is 1. The van der Waals surface area contributed by atoms with Crippen LogP contribution in [0.5, 0.6) is 0 Å². The standard InChI is InChI=1S/C32H23N3/c1-22-34-31(21-32(35-22)27-18-16-25(17-19-27)30-11-4-5-20-33-30)26-14-12-24(13-15-26)29-10-6-8-23-7-2-3-9-28(23)29/h2-21H,1H3. The van der Waals surface area contributed by atoms with Gasteiger partial charge in [0.1, 0.15) is 5.82 Å². The highest BCUT2D eigenvalue weighted by Crippen LogP contribution is 2.31. The Morgan fingerprint density at radius 3 is 1.71 bits per heavy atom. The van der Waals surface area contributed by atoms with Gasteiger partial charge in [-0.05, 0) is 47.0 Å². The lowest BCUT2D eigenvalue weighted by Gasteiger charge is -2.10. The van der Waals surface area contributed by atoms with Crippen molar-refractivity contribution in [3.63, 3.8) is 0 Å². The van der Waals surface area contributed by atoms with Gasteiger partial charge in [-0.25, -0.2) is 9.97 Å². The Labute approximate surface area is 204 Å². The number of aryl methyl sites for hydroxylation is 1. The second-order valence-corrected chi connectivity index (χ2v) is 8.58. The Morgan fingerprint density at radius 2 is 1.06 bits per heavy atom. The maximum atomic E-state index is 4.73. The van der Waals surface area contributed by atoms with Crippen molar-refractivity contribution < 1.29 is 0 Å². The number of aromatic nitrogens is 3. The molecule has 0 spiro atoms. The van der Waals surface area contributed by atoms with E-state index in [0.717, 1.165) is 39.6 Å². The fraction of sp³-hybridized carbons (Fsp3) is 0.0312. The van der Waals surface area contributed by atoms with E-state index in [1.54, 1.807) is 0 Å². The molecule has 0 N–H and O–H groups in total. The van der Waals surface area contributed by atoms with Crippen LogP contribution in [0.15, 0.2) is 121 Å². The lowest BCUT2D eigenvalue weighted by atomic mass is 9.97. The molecule has 0 fully saturated rings. The van der Waals surface area contributed by atoms with Gasteiger partial charge in [-0.1, -0.05) is 97.1 Å². The highest BCUT2D eigenvalue weighted by molar-refractivity contribution is 5.96. The van der Waals surface area contributed by atoms with Crippen molar-refractivity contribution in [2.45, 2.75) is 6.92 Å². The molecule has 3 nitrogen and oxygen atoms in total. The summed E-state index contributed by atoms with van der Waals surface area (Å²) in [6.45, 7) is 1.94. The number of pyridine rings is 1. The van der Waals surface area contributed by atoms with Gasteiger partial charge in [-0.2, -0.15) is 0 Å². The first-order valence-electron chi connectivity index (χ1n) is 11.7. The van der Waals surface area contributed by atoms with Crippen LogP contribution >= 0.6 is 0 Å². The molecule has 0 aliphatic carbocycles. The lowest BCUT2D eigenvalue weighted by molar-refractivity contribution is 1.06. The monoisotopic (exact) mass is 449 g/mol. The van der Waals surface area contributed by atoms with Gasteiger partial charge in [0.15, 0.2) is 0 Å². The first-order valence-corrected chi connectivity index (χ1v) is 11.7. The van der Waals surface area contributed by atoms with Crippen LogP contribution in [0, 0.1) is 6.92 Å². The molecule has 0 bridgehead atoms. The molecule has 0 radical (unpaired) electrons. The Bertz CT molecular complexity index is 1620. The second-order valence-electron chi connectivity index (χ2n) is 8.58. The minimum Gasteiger partial charge on any atom is -0.256 e. The molecule has 0 saturated carbocycles. The Morgan fingerprint density at radius 1 is 0.486 bits per heavy atom. The third-order valence-electron chi connectivity index (χ3n) is 6.26. The molecular formula is C32H23N3. The Kier molecular flexibility index (Phi) is 5.36. The molecule has 0 atom stereocenters. The normalized spacial score (nSPS) is 11.0. The van der Waals surface area contributed by atoms with E-state index in [-0.39, 0.29) is 0 Å². The summed E-state index contributed by atoms with van der Waals surface area (Å²) in [6.07, 6.45) is 1.81. The van der Waals surface area contributed by atoms with E-state index in [4.69, 9.17) is 9.97 Å². The van der Waals surface area contributed by atoms with E-state index in [2.05, 4.69) is 102 Å². The minimum absolute atomic E-state index is 0.754. The lowest BCUT2D eigenvalue weighted by Crippen LogP contribution is -1.95. The van der Waals surface area contributed by atoms with E-state index in [0.29, 0.717) is 0 Å². The van der Waals surface area contributed by atoms with Gasteiger partial charge in [0.25, 0.3) is 0 Å². The quantitative estimate of drug-likeness (QED) is 0.274. The van der Waals surface area contributed by atoms with Gasteiger partial charge >= 0.3 is 0 Å². The first-order chi connectivity index (χ1) is 17.2. The van der Waals surface area contributed by atoms with Crippen LogP contribution in [0.2, 0.25) is 0 Å². The topological polar surface area (TPSA) is 38.7 Å². The van der Waals surface area contributed by atoms with E-state index < -0.39 is 0 Å². The predicted molar refractivity (Wildman–Crippen MR) is 144 cm³/mol. The third kappa shape index (κ3) is 4.20. The summed E-state index contributed by atoms with van der Waals surface area (Å²) in [4.78, 5) is 13.9. The number of rotatable bonds is 4. The number of hydrogen-bond donors (Lipinski definition) is 0. The Hall–Kier alpha value is -4.63. The molecule has 3 heteroatoms. The maximum absolute atomic E-state index is 4.73. The minimum atomic E-state index is 0.754. The molecular weight excluding hydrogens is 426 g/mol. The first kappa shape index (κ1) is 20.9. The van der Waals surface area contributed by atoms with E-state index >= 15 is 0 Å². The molecule has 35 heavy (non-hydrogen) atoms. The fourth-order valence-electron chi connectivity index (χ4n) is 4.51. The van der Waals surface area contributed by atoms with Crippen molar-refractivity contribution in [2.24, 2.45) is 0 Å². The van der Waals surface area contributed by atoms with Crippen LogP contribution in [0.1, 0.15) is 5.82 Å². The van der Waals surface area contributed by atoms with Gasteiger partial charge in [-0.3, -0.25) is 4.98 Å². The molecule has 6 rings (SSSR count). The van der Waals surface area contributed by atoms with Crippen LogP contribution in [-0.2, 0) is 0 Å². The molecule has 0 unspecified atom stereocenters. The zero-order valence-electron chi connectivity index (χ0n) is 19.4. The molecule has 6 aromatic rings. The van der Waals surface area contributed by atoms with Gasteiger partial charge in [0.2, 0.25) is 0 Å². The van der Waals surface area contributed by atoms with Crippen molar-refractivity contribution in [2.75, 3.05) is 0 Å². The van der Waals surface area contributed by atoms with Gasteiger partial charge in [-0.15, -0.1) is 0 Å². The van der Waals surface area contributed by atoms with E-state index in [1.165, 1.54) is 21.9 Å². The zero-order chi connectivity index (χ0) is 23.6. The van der Waals surface area contributed by atoms with Crippen LogP contribution in [0.25, 0.3) is 55.7 Å². The van der Waals surface area contributed by atoms with Crippen LogP contribution < -0.4 is 0 Å². The summed E-state index contributed by atoms with van der Waals surface area (Å²) in [5, 5.41) is 2.51. The molecule has 0 amide bonds. The predicted octanol–water partition coefficient (Wildman–Crippen LogP) is 8.00. The van der Waals surface area contributed by atoms with E-state index in [9.17, 15) is 0 Å². The number of nitrogens with zero attached hydrogens (tertiary/aromatic N) is 3. The van der Waals surface area contributed by atoms with Crippen molar-refractivity contribution in [1.82, 2.24) is 15.0 Å². The van der Waals surface area contributed by atoms with Crippen molar-refractivity contribution in [3.8, 4) is 44.9 Å². The molecule has 166 valence electrons. The van der Waals surface area contributed by atoms with E-state index in [1.807, 2.05) is 31.3 Å². The van der Waals surface area contributed by atoms with Gasteiger partial charge < -0.3 is 0 Å².